The lowest BCUT2D eigenvalue weighted by atomic mass is 9.86. The van der Waals surface area contributed by atoms with Crippen molar-refractivity contribution in [3.63, 3.8) is 0 Å². The number of nitrogens with one attached hydrogen (secondary N) is 1. The summed E-state index contributed by atoms with van der Waals surface area (Å²) in [6.45, 7) is 4.19. The number of rotatable bonds is 6. The highest BCUT2D eigenvalue weighted by atomic mass is 16.5. The number of allylic oxidation sites excluding steroid dienone is 1. The second-order valence-corrected chi connectivity index (χ2v) is 9.85. The molecule has 0 radical (unpaired) electrons. The summed E-state index contributed by atoms with van der Waals surface area (Å²) in [5.41, 5.74) is 6.96. The standard InChI is InChI=1S/C32H33NO3/c1-21-9-7-8-12-29(21)33-32(34)17-22(2)26-18-27-28(20-36-31(27)19-30(26)35-3)25-15-13-24(14-16-25)23-10-5-4-6-11-23/h4-6,10-11,13-21,29H,7-9,12H2,1-3H3,(H,33,34)/b22-17+. The third-order valence-electron chi connectivity index (χ3n) is 7.41. The molecule has 1 fully saturated rings. The van der Waals surface area contributed by atoms with Gasteiger partial charge in [-0.15, -0.1) is 0 Å². The Labute approximate surface area is 213 Å². The summed E-state index contributed by atoms with van der Waals surface area (Å²) in [5, 5.41) is 4.21. The molecule has 0 bridgehead atoms. The van der Waals surface area contributed by atoms with Crippen molar-refractivity contribution in [2.75, 3.05) is 7.11 Å². The molecule has 1 N–H and O–H groups in total. The van der Waals surface area contributed by atoms with Crippen LogP contribution in [0.1, 0.15) is 45.1 Å². The Kier molecular flexibility index (Phi) is 6.95. The predicted octanol–water partition coefficient (Wildman–Crippen LogP) is 7.87. The van der Waals surface area contributed by atoms with Gasteiger partial charge in [-0.1, -0.05) is 74.4 Å². The third-order valence-corrected chi connectivity index (χ3v) is 7.41. The summed E-state index contributed by atoms with van der Waals surface area (Å²) < 4.78 is 11.6. The average molecular weight is 480 g/mol. The van der Waals surface area contributed by atoms with E-state index in [-0.39, 0.29) is 11.9 Å². The average Bonchev–Trinajstić information content (AvgIpc) is 3.32. The van der Waals surface area contributed by atoms with Crippen LogP contribution in [0.5, 0.6) is 5.75 Å². The number of benzene rings is 3. The topological polar surface area (TPSA) is 51.5 Å². The van der Waals surface area contributed by atoms with Gasteiger partial charge in [-0.05, 0) is 54.0 Å². The fraction of sp³-hybridized carbons (Fsp3) is 0.281. The minimum absolute atomic E-state index is 0.0442. The first kappa shape index (κ1) is 23.9. The van der Waals surface area contributed by atoms with Crippen molar-refractivity contribution in [1.29, 1.82) is 0 Å². The maximum atomic E-state index is 12.8. The number of furan rings is 1. The van der Waals surface area contributed by atoms with E-state index in [1.165, 1.54) is 30.4 Å². The van der Waals surface area contributed by atoms with E-state index >= 15 is 0 Å². The van der Waals surface area contributed by atoms with Crippen molar-refractivity contribution in [2.45, 2.75) is 45.6 Å². The number of methoxy groups -OCH3 is 1. The first-order chi connectivity index (χ1) is 17.5. The number of hydrogen-bond acceptors (Lipinski definition) is 3. The van der Waals surface area contributed by atoms with Crippen molar-refractivity contribution in [1.82, 2.24) is 5.32 Å². The number of ether oxygens (including phenoxy) is 1. The largest absolute Gasteiger partial charge is 0.496 e. The van der Waals surface area contributed by atoms with Crippen LogP contribution in [0.15, 0.2) is 83.5 Å². The van der Waals surface area contributed by atoms with Crippen LogP contribution in [0.25, 0.3) is 38.8 Å². The molecule has 1 heterocycles. The van der Waals surface area contributed by atoms with Gasteiger partial charge in [0.25, 0.3) is 0 Å². The predicted molar refractivity (Wildman–Crippen MR) is 147 cm³/mol. The number of carbonyl (C=O) groups is 1. The maximum Gasteiger partial charge on any atom is 0.244 e. The van der Waals surface area contributed by atoms with E-state index in [1.54, 1.807) is 19.4 Å². The molecule has 1 aliphatic rings. The molecule has 3 aromatic carbocycles. The molecule has 2 atom stereocenters. The third kappa shape index (κ3) is 4.94. The molecule has 1 amide bonds. The van der Waals surface area contributed by atoms with E-state index in [4.69, 9.17) is 9.15 Å². The minimum Gasteiger partial charge on any atom is -0.496 e. The van der Waals surface area contributed by atoms with Crippen molar-refractivity contribution >= 4 is 22.4 Å². The molecule has 1 saturated carbocycles. The van der Waals surface area contributed by atoms with Crippen molar-refractivity contribution in [3.05, 3.63) is 84.6 Å². The summed E-state index contributed by atoms with van der Waals surface area (Å²) in [5.74, 6) is 1.16. The van der Waals surface area contributed by atoms with Crippen LogP contribution in [0.3, 0.4) is 0 Å². The number of amides is 1. The van der Waals surface area contributed by atoms with Crippen molar-refractivity contribution in [3.8, 4) is 28.0 Å². The van der Waals surface area contributed by atoms with E-state index in [0.717, 1.165) is 39.7 Å². The quantitative estimate of drug-likeness (QED) is 0.286. The van der Waals surface area contributed by atoms with Crippen LogP contribution in [0, 0.1) is 5.92 Å². The molecular weight excluding hydrogens is 446 g/mol. The van der Waals surface area contributed by atoms with Crippen LogP contribution in [0.4, 0.5) is 0 Å². The Morgan fingerprint density at radius 3 is 2.39 bits per heavy atom. The highest BCUT2D eigenvalue weighted by molar-refractivity contribution is 6.00. The summed E-state index contributed by atoms with van der Waals surface area (Å²) in [6.07, 6.45) is 8.14. The Hall–Kier alpha value is -3.79. The molecule has 5 rings (SSSR count). The van der Waals surface area contributed by atoms with Crippen LogP contribution in [0.2, 0.25) is 0 Å². The van der Waals surface area contributed by atoms with Gasteiger partial charge in [-0.3, -0.25) is 4.79 Å². The molecule has 4 nitrogen and oxygen atoms in total. The molecule has 4 aromatic rings. The Morgan fingerprint density at radius 2 is 1.67 bits per heavy atom. The Balaban J connectivity index is 1.45. The molecule has 1 aliphatic carbocycles. The Bertz CT molecular complexity index is 1380. The summed E-state index contributed by atoms with van der Waals surface area (Å²) >= 11 is 0. The van der Waals surface area contributed by atoms with Gasteiger partial charge in [0.05, 0.1) is 13.4 Å². The molecule has 4 heteroatoms. The maximum absolute atomic E-state index is 12.8. The smallest absolute Gasteiger partial charge is 0.244 e. The van der Waals surface area contributed by atoms with Gasteiger partial charge < -0.3 is 14.5 Å². The first-order valence-electron chi connectivity index (χ1n) is 12.8. The van der Waals surface area contributed by atoms with E-state index in [1.807, 2.05) is 31.2 Å². The monoisotopic (exact) mass is 479 g/mol. The van der Waals surface area contributed by atoms with Crippen LogP contribution in [-0.2, 0) is 4.79 Å². The van der Waals surface area contributed by atoms with Crippen molar-refractivity contribution < 1.29 is 13.9 Å². The number of carbonyl (C=O) groups excluding carboxylic acids is 1. The zero-order chi connectivity index (χ0) is 25.1. The fourth-order valence-corrected chi connectivity index (χ4v) is 5.26. The SMILES string of the molecule is COc1cc2occ(-c3ccc(-c4ccccc4)cc3)c2cc1/C(C)=C/C(=O)NC1CCCCC1C. The van der Waals surface area contributed by atoms with Gasteiger partial charge in [-0.25, -0.2) is 0 Å². The number of hydrogen-bond donors (Lipinski definition) is 1. The second-order valence-electron chi connectivity index (χ2n) is 9.85. The van der Waals surface area contributed by atoms with Gasteiger partial charge in [0.1, 0.15) is 11.3 Å². The number of fused-ring (bicyclic) bond motifs is 1. The lowest BCUT2D eigenvalue weighted by Gasteiger charge is -2.29. The fourth-order valence-electron chi connectivity index (χ4n) is 5.26. The second kappa shape index (κ2) is 10.4. The summed E-state index contributed by atoms with van der Waals surface area (Å²) in [7, 11) is 1.65. The molecule has 0 aliphatic heterocycles. The van der Waals surface area contributed by atoms with Gasteiger partial charge in [0.2, 0.25) is 5.91 Å². The molecule has 1 aromatic heterocycles. The van der Waals surface area contributed by atoms with E-state index in [0.29, 0.717) is 11.7 Å². The summed E-state index contributed by atoms with van der Waals surface area (Å²) in [4.78, 5) is 12.8. The normalized spacial score (nSPS) is 18.2. The lowest BCUT2D eigenvalue weighted by molar-refractivity contribution is -0.117. The molecule has 0 saturated heterocycles. The molecule has 2 unspecified atom stereocenters. The van der Waals surface area contributed by atoms with Crippen LogP contribution < -0.4 is 10.1 Å². The zero-order valence-corrected chi connectivity index (χ0v) is 21.2. The van der Waals surface area contributed by atoms with Gasteiger partial charge in [-0.2, -0.15) is 0 Å². The molecule has 36 heavy (non-hydrogen) atoms. The van der Waals surface area contributed by atoms with E-state index in [9.17, 15) is 4.79 Å². The van der Waals surface area contributed by atoms with Gasteiger partial charge >= 0.3 is 0 Å². The highest BCUT2D eigenvalue weighted by Crippen LogP contribution is 2.38. The van der Waals surface area contributed by atoms with Gasteiger partial charge in [0.15, 0.2) is 0 Å². The molecule has 0 spiro atoms. The van der Waals surface area contributed by atoms with Crippen LogP contribution in [-0.4, -0.2) is 19.1 Å². The lowest BCUT2D eigenvalue weighted by Crippen LogP contribution is -2.40. The van der Waals surface area contributed by atoms with E-state index < -0.39 is 0 Å². The minimum atomic E-state index is -0.0442. The molecule has 184 valence electrons. The highest BCUT2D eigenvalue weighted by Gasteiger charge is 2.22. The first-order valence-corrected chi connectivity index (χ1v) is 12.8. The van der Waals surface area contributed by atoms with Crippen molar-refractivity contribution in [2.24, 2.45) is 5.92 Å². The van der Waals surface area contributed by atoms with Gasteiger partial charge in [0, 0.05) is 34.7 Å². The molecular formula is C32H33NO3. The zero-order valence-electron chi connectivity index (χ0n) is 21.2. The van der Waals surface area contributed by atoms with E-state index in [2.05, 4.69) is 54.7 Å². The Morgan fingerprint density at radius 1 is 0.972 bits per heavy atom. The summed E-state index contributed by atoms with van der Waals surface area (Å²) in [6, 6.07) is 23.1. The van der Waals surface area contributed by atoms with Crippen LogP contribution >= 0.6 is 0 Å².